The first-order valence-electron chi connectivity index (χ1n) is 11.7. The van der Waals surface area contributed by atoms with Crippen molar-refractivity contribution in [1.82, 2.24) is 0 Å². The van der Waals surface area contributed by atoms with Crippen molar-refractivity contribution in [3.63, 3.8) is 0 Å². The Morgan fingerprint density at radius 1 is 0.703 bits per heavy atom. The van der Waals surface area contributed by atoms with Crippen LogP contribution in [0.3, 0.4) is 0 Å². The third kappa shape index (κ3) is 5.35. The standard InChI is InChI=1S/C32H22N2O2S/c33-22-26(32(35)36)21-23-8-7-9-25(20-23)31-19-18-30(37-31)24-14-16-29(17-15-24)34(27-10-3-1-4-11-27)28-12-5-2-6-13-28/h1-21H,(H,35,36)/b26-21+. The summed E-state index contributed by atoms with van der Waals surface area (Å²) in [6.45, 7) is 0. The van der Waals surface area contributed by atoms with E-state index < -0.39 is 5.97 Å². The number of nitrogens with zero attached hydrogens (tertiary/aromatic N) is 2. The second-order valence-corrected chi connectivity index (χ2v) is 9.40. The predicted molar refractivity (Wildman–Crippen MR) is 151 cm³/mol. The topological polar surface area (TPSA) is 64.3 Å². The highest BCUT2D eigenvalue weighted by molar-refractivity contribution is 7.18. The Balaban J connectivity index is 1.43. The number of para-hydroxylation sites is 2. The van der Waals surface area contributed by atoms with Gasteiger partial charge in [-0.25, -0.2) is 4.79 Å². The maximum atomic E-state index is 11.2. The van der Waals surface area contributed by atoms with Crippen LogP contribution in [0.2, 0.25) is 0 Å². The minimum atomic E-state index is -1.23. The number of nitriles is 1. The molecule has 4 aromatic carbocycles. The van der Waals surface area contributed by atoms with Crippen molar-refractivity contribution in [2.45, 2.75) is 0 Å². The number of carbonyl (C=O) groups is 1. The highest BCUT2D eigenvalue weighted by atomic mass is 32.1. The van der Waals surface area contributed by atoms with Gasteiger partial charge < -0.3 is 10.0 Å². The summed E-state index contributed by atoms with van der Waals surface area (Å²) in [6.07, 6.45) is 1.39. The average Bonchev–Trinajstić information content (AvgIpc) is 3.44. The van der Waals surface area contributed by atoms with Crippen molar-refractivity contribution >= 4 is 40.4 Å². The van der Waals surface area contributed by atoms with Gasteiger partial charge in [0.1, 0.15) is 11.6 Å². The monoisotopic (exact) mass is 498 g/mol. The van der Waals surface area contributed by atoms with Gasteiger partial charge in [0.2, 0.25) is 0 Å². The number of benzene rings is 4. The number of hydrogen-bond acceptors (Lipinski definition) is 4. The number of anilines is 3. The van der Waals surface area contributed by atoms with E-state index in [4.69, 9.17) is 10.4 Å². The van der Waals surface area contributed by atoms with Gasteiger partial charge in [0.15, 0.2) is 0 Å². The van der Waals surface area contributed by atoms with E-state index in [1.807, 2.05) is 54.6 Å². The summed E-state index contributed by atoms with van der Waals surface area (Å²) in [4.78, 5) is 15.6. The van der Waals surface area contributed by atoms with Crippen molar-refractivity contribution in [2.24, 2.45) is 0 Å². The van der Waals surface area contributed by atoms with Crippen LogP contribution in [0.15, 0.2) is 127 Å². The first-order chi connectivity index (χ1) is 18.1. The van der Waals surface area contributed by atoms with Gasteiger partial charge in [-0.1, -0.05) is 66.7 Å². The van der Waals surface area contributed by atoms with Crippen molar-refractivity contribution in [3.8, 4) is 27.0 Å². The van der Waals surface area contributed by atoms with Gasteiger partial charge in [0.05, 0.1) is 0 Å². The van der Waals surface area contributed by atoms with Crippen LogP contribution in [0.5, 0.6) is 0 Å². The zero-order chi connectivity index (χ0) is 25.6. The molecule has 178 valence electrons. The van der Waals surface area contributed by atoms with Crippen LogP contribution in [-0.2, 0) is 4.79 Å². The molecule has 37 heavy (non-hydrogen) atoms. The number of carboxylic acids is 1. The van der Waals surface area contributed by atoms with Gasteiger partial charge >= 0.3 is 5.97 Å². The largest absolute Gasteiger partial charge is 0.477 e. The maximum Gasteiger partial charge on any atom is 0.346 e. The summed E-state index contributed by atoms with van der Waals surface area (Å²) >= 11 is 1.67. The summed E-state index contributed by atoms with van der Waals surface area (Å²) in [6, 6.07) is 42.6. The lowest BCUT2D eigenvalue weighted by molar-refractivity contribution is -0.132. The van der Waals surface area contributed by atoms with E-state index in [0.717, 1.165) is 37.9 Å². The van der Waals surface area contributed by atoms with Crippen LogP contribution in [0.4, 0.5) is 17.1 Å². The molecule has 0 saturated heterocycles. The summed E-state index contributed by atoms with van der Waals surface area (Å²) in [5, 5.41) is 18.2. The third-order valence-electron chi connectivity index (χ3n) is 5.88. The molecule has 0 fully saturated rings. The van der Waals surface area contributed by atoms with Gasteiger partial charge in [-0.3, -0.25) is 0 Å². The Morgan fingerprint density at radius 3 is 1.84 bits per heavy atom. The lowest BCUT2D eigenvalue weighted by atomic mass is 10.1. The molecule has 1 N–H and O–H groups in total. The van der Waals surface area contributed by atoms with Crippen LogP contribution in [0, 0.1) is 11.3 Å². The molecule has 0 bridgehead atoms. The fourth-order valence-corrected chi connectivity index (χ4v) is 5.12. The molecule has 0 radical (unpaired) electrons. The van der Waals surface area contributed by atoms with Crippen molar-refractivity contribution in [1.29, 1.82) is 5.26 Å². The second-order valence-electron chi connectivity index (χ2n) is 8.32. The quantitative estimate of drug-likeness (QED) is 0.180. The molecule has 5 rings (SSSR count). The van der Waals surface area contributed by atoms with Crippen LogP contribution in [0.25, 0.3) is 27.0 Å². The zero-order valence-corrected chi connectivity index (χ0v) is 20.6. The number of rotatable bonds is 7. The van der Waals surface area contributed by atoms with Crippen LogP contribution in [-0.4, -0.2) is 11.1 Å². The van der Waals surface area contributed by atoms with E-state index in [0.29, 0.717) is 5.56 Å². The Labute approximate surface area is 219 Å². The zero-order valence-electron chi connectivity index (χ0n) is 19.8. The fraction of sp³-hybridized carbons (Fsp3) is 0. The summed E-state index contributed by atoms with van der Waals surface area (Å²) in [7, 11) is 0. The van der Waals surface area contributed by atoms with E-state index in [1.165, 1.54) is 6.08 Å². The van der Waals surface area contributed by atoms with Crippen LogP contribution < -0.4 is 4.90 Å². The highest BCUT2D eigenvalue weighted by Gasteiger charge is 2.13. The van der Waals surface area contributed by atoms with Crippen molar-refractivity contribution in [2.75, 3.05) is 4.90 Å². The molecule has 1 heterocycles. The molecular formula is C32H22N2O2S. The molecule has 5 aromatic rings. The summed E-state index contributed by atoms with van der Waals surface area (Å²) in [5.74, 6) is -1.23. The van der Waals surface area contributed by atoms with E-state index in [1.54, 1.807) is 23.5 Å². The Morgan fingerprint density at radius 2 is 1.27 bits per heavy atom. The van der Waals surface area contributed by atoms with E-state index in [2.05, 4.69) is 65.6 Å². The Hall–Kier alpha value is -4.92. The second kappa shape index (κ2) is 10.8. The Kier molecular flexibility index (Phi) is 6.93. The van der Waals surface area contributed by atoms with E-state index in [-0.39, 0.29) is 5.57 Å². The number of carboxylic acid groups (broad SMARTS) is 1. The molecule has 0 aliphatic carbocycles. The lowest BCUT2D eigenvalue weighted by Crippen LogP contribution is -2.09. The molecular weight excluding hydrogens is 476 g/mol. The first-order valence-corrected chi connectivity index (χ1v) is 12.5. The number of thiophene rings is 1. The van der Waals surface area contributed by atoms with Gasteiger partial charge in [-0.2, -0.15) is 5.26 Å². The van der Waals surface area contributed by atoms with Crippen LogP contribution >= 0.6 is 11.3 Å². The fourth-order valence-electron chi connectivity index (χ4n) is 4.11. The van der Waals surface area contributed by atoms with Crippen LogP contribution in [0.1, 0.15) is 5.56 Å². The molecule has 1 aromatic heterocycles. The van der Waals surface area contributed by atoms with Gasteiger partial charge in [-0.05, 0) is 77.4 Å². The molecule has 0 amide bonds. The van der Waals surface area contributed by atoms with Gasteiger partial charge in [0, 0.05) is 26.8 Å². The third-order valence-corrected chi connectivity index (χ3v) is 7.06. The maximum absolute atomic E-state index is 11.2. The van der Waals surface area contributed by atoms with Crippen molar-refractivity contribution < 1.29 is 9.90 Å². The minimum Gasteiger partial charge on any atom is -0.477 e. The normalized spacial score (nSPS) is 11.1. The SMILES string of the molecule is N#C/C(=C\c1cccc(-c2ccc(-c3ccc(N(c4ccccc4)c4ccccc4)cc3)s2)c1)C(=O)O. The predicted octanol–water partition coefficient (Wildman–Crippen LogP) is 8.54. The lowest BCUT2D eigenvalue weighted by Gasteiger charge is -2.25. The molecule has 4 nitrogen and oxygen atoms in total. The molecule has 0 saturated carbocycles. The molecule has 5 heteroatoms. The molecule has 0 spiro atoms. The molecule has 0 aliphatic heterocycles. The van der Waals surface area contributed by atoms with E-state index in [9.17, 15) is 4.79 Å². The average molecular weight is 499 g/mol. The van der Waals surface area contributed by atoms with Gasteiger partial charge in [0.25, 0.3) is 0 Å². The number of hydrogen-bond donors (Lipinski definition) is 1. The Bertz CT molecular complexity index is 1560. The van der Waals surface area contributed by atoms with E-state index >= 15 is 0 Å². The first kappa shape index (κ1) is 23.8. The number of aliphatic carboxylic acids is 1. The molecule has 0 unspecified atom stereocenters. The minimum absolute atomic E-state index is 0.288. The van der Waals surface area contributed by atoms with Gasteiger partial charge in [-0.15, -0.1) is 11.3 Å². The summed E-state index contributed by atoms with van der Waals surface area (Å²) < 4.78 is 0. The highest BCUT2D eigenvalue weighted by Crippen LogP contribution is 2.38. The smallest absolute Gasteiger partial charge is 0.346 e. The van der Waals surface area contributed by atoms with Crippen molar-refractivity contribution in [3.05, 3.63) is 132 Å². The molecule has 0 atom stereocenters. The summed E-state index contributed by atoms with van der Waals surface area (Å²) in [5.41, 5.74) is 5.75. The molecule has 0 aliphatic rings.